The number of hydrogen-bond acceptors (Lipinski definition) is 2. The average molecular weight is 296 g/mol. The van der Waals surface area contributed by atoms with Crippen molar-refractivity contribution in [1.82, 2.24) is 0 Å². The van der Waals surface area contributed by atoms with E-state index in [0.29, 0.717) is 12.8 Å². The van der Waals surface area contributed by atoms with E-state index in [1.807, 2.05) is 0 Å². The van der Waals surface area contributed by atoms with Crippen LogP contribution >= 0.6 is 0 Å². The van der Waals surface area contributed by atoms with Crippen LogP contribution in [0.5, 0.6) is 0 Å². The summed E-state index contributed by atoms with van der Waals surface area (Å²) in [5, 5.41) is 17.0. The molecule has 0 fully saturated rings. The fraction of sp³-hybridized carbons (Fsp3) is 0.600. The predicted molar refractivity (Wildman–Crippen MR) is 91.2 cm³/mol. The van der Waals surface area contributed by atoms with Gasteiger partial charge < -0.3 is 0 Å². The highest BCUT2D eigenvalue weighted by atomic mass is 14.2. The Morgan fingerprint density at radius 3 is 1.27 bits per heavy atom. The molecule has 2 nitrogen and oxygen atoms in total. The molecule has 0 aliphatic heterocycles. The number of benzene rings is 1. The lowest BCUT2D eigenvalue weighted by Crippen LogP contribution is -1.89. The second-order valence-corrected chi connectivity index (χ2v) is 5.96. The van der Waals surface area contributed by atoms with Crippen molar-refractivity contribution in [2.75, 3.05) is 0 Å². The third-order valence-electron chi connectivity index (χ3n) is 4.03. The van der Waals surface area contributed by atoms with Crippen LogP contribution in [0.4, 0.5) is 0 Å². The Morgan fingerprint density at radius 1 is 0.545 bits per heavy atom. The smallest absolute Gasteiger partial charge is 0.0621 e. The van der Waals surface area contributed by atoms with Crippen molar-refractivity contribution in [2.24, 2.45) is 0 Å². The summed E-state index contributed by atoms with van der Waals surface area (Å²) < 4.78 is 0. The van der Waals surface area contributed by atoms with Crippen LogP contribution in [-0.4, -0.2) is 0 Å². The molecule has 0 saturated carbocycles. The first-order valence-electron chi connectivity index (χ1n) is 8.68. The number of aryl methyl sites for hydroxylation is 2. The SMILES string of the molecule is N#CCCCCCCc1ccc(CCCCCCC#N)cc1. The lowest BCUT2D eigenvalue weighted by molar-refractivity contribution is 0.646. The van der Waals surface area contributed by atoms with Gasteiger partial charge in [0.25, 0.3) is 0 Å². The molecular formula is C20H28N2. The monoisotopic (exact) mass is 296 g/mol. The second kappa shape index (κ2) is 12.9. The Balaban J connectivity index is 2.10. The van der Waals surface area contributed by atoms with E-state index in [1.54, 1.807) is 0 Å². The Hall–Kier alpha value is -1.80. The fourth-order valence-corrected chi connectivity index (χ4v) is 2.65. The zero-order valence-electron chi connectivity index (χ0n) is 13.7. The zero-order chi connectivity index (χ0) is 15.9. The molecular weight excluding hydrogens is 268 g/mol. The number of unbranched alkanes of at least 4 members (excludes halogenated alkanes) is 8. The van der Waals surface area contributed by atoms with E-state index in [2.05, 4.69) is 36.4 Å². The van der Waals surface area contributed by atoms with Gasteiger partial charge in [0.1, 0.15) is 0 Å². The third-order valence-corrected chi connectivity index (χ3v) is 4.03. The van der Waals surface area contributed by atoms with E-state index in [9.17, 15) is 0 Å². The van der Waals surface area contributed by atoms with Gasteiger partial charge in [-0.1, -0.05) is 49.9 Å². The highest BCUT2D eigenvalue weighted by Crippen LogP contribution is 2.13. The molecule has 0 aromatic heterocycles. The van der Waals surface area contributed by atoms with Gasteiger partial charge in [0, 0.05) is 12.8 Å². The molecule has 0 amide bonds. The maximum Gasteiger partial charge on any atom is 0.0621 e. The first kappa shape index (κ1) is 18.2. The molecule has 0 aliphatic rings. The van der Waals surface area contributed by atoms with Crippen molar-refractivity contribution in [3.8, 4) is 12.1 Å². The van der Waals surface area contributed by atoms with Crippen molar-refractivity contribution in [1.29, 1.82) is 10.5 Å². The van der Waals surface area contributed by atoms with Crippen LogP contribution < -0.4 is 0 Å². The molecule has 0 radical (unpaired) electrons. The summed E-state index contributed by atoms with van der Waals surface area (Å²) in [6.07, 6.45) is 13.1. The highest BCUT2D eigenvalue weighted by Gasteiger charge is 1.97. The van der Waals surface area contributed by atoms with Crippen LogP contribution in [0.15, 0.2) is 24.3 Å². The lowest BCUT2D eigenvalue weighted by atomic mass is 10.0. The van der Waals surface area contributed by atoms with Gasteiger partial charge in [-0.15, -0.1) is 0 Å². The van der Waals surface area contributed by atoms with E-state index in [-0.39, 0.29) is 0 Å². The number of nitrogens with zero attached hydrogens (tertiary/aromatic N) is 2. The Kier molecular flexibility index (Phi) is 10.7. The topological polar surface area (TPSA) is 47.6 Å². The maximum absolute atomic E-state index is 8.48. The number of nitriles is 2. The number of rotatable bonds is 12. The van der Waals surface area contributed by atoms with Crippen LogP contribution in [0.1, 0.15) is 75.3 Å². The Labute approximate surface area is 135 Å². The van der Waals surface area contributed by atoms with Crippen molar-refractivity contribution < 1.29 is 0 Å². The van der Waals surface area contributed by atoms with Crippen LogP contribution in [0.25, 0.3) is 0 Å². The zero-order valence-corrected chi connectivity index (χ0v) is 13.7. The lowest BCUT2D eigenvalue weighted by Gasteiger charge is -2.05. The van der Waals surface area contributed by atoms with Crippen LogP contribution in [0.2, 0.25) is 0 Å². The van der Waals surface area contributed by atoms with E-state index in [0.717, 1.165) is 25.7 Å². The van der Waals surface area contributed by atoms with Gasteiger partial charge in [-0.3, -0.25) is 0 Å². The molecule has 118 valence electrons. The summed E-state index contributed by atoms with van der Waals surface area (Å²) in [4.78, 5) is 0. The standard InChI is InChI=1S/C20H28N2/c21-17-9-5-1-3-7-11-19-13-15-20(16-14-19)12-8-4-2-6-10-18-22/h13-16H,1-12H2. The summed E-state index contributed by atoms with van der Waals surface area (Å²) in [6.45, 7) is 0. The normalized spacial score (nSPS) is 10.1. The molecule has 1 rings (SSSR count). The molecule has 0 heterocycles. The minimum absolute atomic E-state index is 0.700. The molecule has 0 atom stereocenters. The molecule has 1 aromatic carbocycles. The van der Waals surface area contributed by atoms with Gasteiger partial charge in [-0.25, -0.2) is 0 Å². The average Bonchev–Trinajstić information content (AvgIpc) is 2.55. The van der Waals surface area contributed by atoms with Crippen LogP contribution in [-0.2, 0) is 12.8 Å². The summed E-state index contributed by atoms with van der Waals surface area (Å²) >= 11 is 0. The van der Waals surface area contributed by atoms with E-state index in [4.69, 9.17) is 10.5 Å². The van der Waals surface area contributed by atoms with Crippen molar-refractivity contribution in [3.63, 3.8) is 0 Å². The summed E-state index contributed by atoms with van der Waals surface area (Å²) in [7, 11) is 0. The van der Waals surface area contributed by atoms with Gasteiger partial charge in [0.05, 0.1) is 12.1 Å². The summed E-state index contributed by atoms with van der Waals surface area (Å²) in [5.41, 5.74) is 2.86. The first-order valence-corrected chi connectivity index (χ1v) is 8.68. The van der Waals surface area contributed by atoms with Crippen molar-refractivity contribution >= 4 is 0 Å². The minimum atomic E-state index is 0.700. The molecule has 0 aliphatic carbocycles. The van der Waals surface area contributed by atoms with Crippen LogP contribution in [0, 0.1) is 22.7 Å². The van der Waals surface area contributed by atoms with Gasteiger partial charge in [0.15, 0.2) is 0 Å². The predicted octanol–water partition coefficient (Wildman–Crippen LogP) is 5.72. The highest BCUT2D eigenvalue weighted by molar-refractivity contribution is 5.22. The van der Waals surface area contributed by atoms with Gasteiger partial charge in [-0.05, 0) is 49.7 Å². The summed E-state index contributed by atoms with van der Waals surface area (Å²) in [6, 6.07) is 13.5. The molecule has 1 aromatic rings. The molecule has 0 unspecified atom stereocenters. The number of hydrogen-bond donors (Lipinski definition) is 0. The van der Waals surface area contributed by atoms with Gasteiger partial charge in [0.2, 0.25) is 0 Å². The largest absolute Gasteiger partial charge is 0.198 e. The summed E-state index contributed by atoms with van der Waals surface area (Å²) in [5.74, 6) is 0. The molecule has 0 saturated heterocycles. The van der Waals surface area contributed by atoms with Gasteiger partial charge >= 0.3 is 0 Å². The third kappa shape index (κ3) is 9.19. The molecule has 2 heteroatoms. The van der Waals surface area contributed by atoms with E-state index >= 15 is 0 Å². The van der Waals surface area contributed by atoms with Gasteiger partial charge in [-0.2, -0.15) is 10.5 Å². The minimum Gasteiger partial charge on any atom is -0.198 e. The Bertz CT molecular complexity index is 417. The maximum atomic E-state index is 8.48. The molecule has 0 bridgehead atoms. The second-order valence-electron chi connectivity index (χ2n) is 5.96. The molecule has 0 N–H and O–H groups in total. The molecule has 22 heavy (non-hydrogen) atoms. The van der Waals surface area contributed by atoms with E-state index < -0.39 is 0 Å². The van der Waals surface area contributed by atoms with Crippen molar-refractivity contribution in [2.45, 2.75) is 77.0 Å². The molecule has 0 spiro atoms. The fourth-order valence-electron chi connectivity index (χ4n) is 2.65. The van der Waals surface area contributed by atoms with Crippen molar-refractivity contribution in [3.05, 3.63) is 35.4 Å². The van der Waals surface area contributed by atoms with Crippen LogP contribution in [0.3, 0.4) is 0 Å². The van der Waals surface area contributed by atoms with E-state index in [1.165, 1.54) is 49.7 Å². The quantitative estimate of drug-likeness (QED) is 0.463. The Morgan fingerprint density at radius 2 is 0.909 bits per heavy atom. The first-order chi connectivity index (χ1) is 10.9.